The van der Waals surface area contributed by atoms with Crippen molar-refractivity contribution in [1.82, 2.24) is 0 Å². The summed E-state index contributed by atoms with van der Waals surface area (Å²) in [4.78, 5) is 0. The molecule has 0 aliphatic carbocycles. The quantitative estimate of drug-likeness (QED) is 0.492. The van der Waals surface area contributed by atoms with E-state index in [1.165, 1.54) is 0 Å². The van der Waals surface area contributed by atoms with E-state index in [4.69, 9.17) is 27.6 Å². The second-order valence-corrected chi connectivity index (χ2v) is 5.98. The number of hydrogen-bond donors (Lipinski definition) is 0. The van der Waals surface area contributed by atoms with Gasteiger partial charge in [-0.2, -0.15) is 0 Å². The van der Waals surface area contributed by atoms with Gasteiger partial charge in [-0.05, 0) is 40.2 Å². The van der Waals surface area contributed by atoms with Gasteiger partial charge in [0.15, 0.2) is 0 Å². The van der Waals surface area contributed by atoms with Crippen molar-refractivity contribution in [2.45, 2.75) is 0 Å². The Hall–Kier alpha value is -1.22. The van der Waals surface area contributed by atoms with Crippen molar-refractivity contribution < 1.29 is 4.42 Å². The molecule has 0 bridgehead atoms. The molecule has 0 unspecified atom stereocenters. The Kier molecular flexibility index (Phi) is 3.88. The summed E-state index contributed by atoms with van der Waals surface area (Å²) in [5.41, 5.74) is 1.83. The lowest BCUT2D eigenvalue weighted by atomic mass is 10.1. The molecule has 0 aliphatic heterocycles. The number of furan rings is 1. The van der Waals surface area contributed by atoms with Crippen molar-refractivity contribution in [3.8, 4) is 22.6 Å². The SMILES string of the molecule is Clc1ccc(-c2cc(Br)c(-c3ccccc3)o2)c(Cl)c1. The molecule has 0 amide bonds. The first-order valence-corrected chi connectivity index (χ1v) is 7.50. The third kappa shape index (κ3) is 2.64. The molecular weight excluding hydrogens is 359 g/mol. The minimum atomic E-state index is 0.568. The average Bonchev–Trinajstić information content (AvgIpc) is 2.81. The Balaban J connectivity index is 2.09. The standard InChI is InChI=1S/C16H9BrCl2O/c17-13-9-15(12-7-6-11(18)8-14(12)19)20-16(13)10-4-2-1-3-5-10/h1-9H. The van der Waals surface area contributed by atoms with E-state index < -0.39 is 0 Å². The van der Waals surface area contributed by atoms with Crippen LogP contribution in [0.4, 0.5) is 0 Å². The van der Waals surface area contributed by atoms with Crippen LogP contribution in [-0.2, 0) is 0 Å². The number of hydrogen-bond acceptors (Lipinski definition) is 1. The van der Waals surface area contributed by atoms with E-state index in [1.807, 2.05) is 42.5 Å². The summed E-state index contributed by atoms with van der Waals surface area (Å²) >= 11 is 15.7. The molecule has 0 fully saturated rings. The van der Waals surface area contributed by atoms with Crippen molar-refractivity contribution >= 4 is 39.1 Å². The highest BCUT2D eigenvalue weighted by Gasteiger charge is 2.14. The Bertz CT molecular complexity index is 750. The molecule has 1 aromatic heterocycles. The number of halogens is 3. The average molecular weight is 368 g/mol. The van der Waals surface area contributed by atoms with Gasteiger partial charge >= 0.3 is 0 Å². The van der Waals surface area contributed by atoms with Gasteiger partial charge in [-0.3, -0.25) is 0 Å². The maximum atomic E-state index is 6.21. The predicted octanol–water partition coefficient (Wildman–Crippen LogP) is 6.68. The molecule has 1 nitrogen and oxygen atoms in total. The first-order valence-electron chi connectivity index (χ1n) is 5.95. The first-order chi connectivity index (χ1) is 9.65. The van der Waals surface area contributed by atoms with Gasteiger partial charge in [0.2, 0.25) is 0 Å². The maximum Gasteiger partial charge on any atom is 0.148 e. The molecule has 0 atom stereocenters. The fourth-order valence-corrected chi connectivity index (χ4v) is 3.00. The third-order valence-corrected chi connectivity index (χ3v) is 4.06. The second-order valence-electron chi connectivity index (χ2n) is 4.28. The van der Waals surface area contributed by atoms with Gasteiger partial charge in [-0.25, -0.2) is 0 Å². The monoisotopic (exact) mass is 366 g/mol. The Morgan fingerprint density at radius 1 is 0.900 bits per heavy atom. The smallest absolute Gasteiger partial charge is 0.148 e. The van der Waals surface area contributed by atoms with E-state index in [1.54, 1.807) is 12.1 Å². The lowest BCUT2D eigenvalue weighted by Gasteiger charge is -2.01. The van der Waals surface area contributed by atoms with E-state index in [-0.39, 0.29) is 0 Å². The minimum Gasteiger partial charge on any atom is -0.455 e. The number of rotatable bonds is 2. The van der Waals surface area contributed by atoms with Crippen molar-refractivity contribution in [2.75, 3.05) is 0 Å². The van der Waals surface area contributed by atoms with E-state index in [9.17, 15) is 0 Å². The molecule has 20 heavy (non-hydrogen) atoms. The summed E-state index contributed by atoms with van der Waals surface area (Å²) in [5.74, 6) is 1.49. The zero-order valence-corrected chi connectivity index (χ0v) is 13.3. The van der Waals surface area contributed by atoms with Gasteiger partial charge in [0.1, 0.15) is 11.5 Å². The van der Waals surface area contributed by atoms with Crippen LogP contribution >= 0.6 is 39.1 Å². The first kappa shape index (κ1) is 13.7. The second kappa shape index (κ2) is 5.65. The maximum absolute atomic E-state index is 6.21. The van der Waals surface area contributed by atoms with Crippen LogP contribution in [0.3, 0.4) is 0 Å². The van der Waals surface area contributed by atoms with E-state index >= 15 is 0 Å². The summed E-state index contributed by atoms with van der Waals surface area (Å²) in [5, 5.41) is 1.17. The molecule has 3 rings (SSSR count). The van der Waals surface area contributed by atoms with Gasteiger partial charge in [-0.15, -0.1) is 0 Å². The van der Waals surface area contributed by atoms with Crippen LogP contribution in [0.15, 0.2) is 63.5 Å². The molecule has 0 N–H and O–H groups in total. The van der Waals surface area contributed by atoms with Crippen molar-refractivity contribution in [1.29, 1.82) is 0 Å². The zero-order chi connectivity index (χ0) is 14.1. The molecule has 1 heterocycles. The van der Waals surface area contributed by atoms with Gasteiger partial charge in [0.05, 0.1) is 9.50 Å². The third-order valence-electron chi connectivity index (χ3n) is 2.92. The highest BCUT2D eigenvalue weighted by atomic mass is 79.9. The van der Waals surface area contributed by atoms with Gasteiger partial charge < -0.3 is 4.42 Å². The zero-order valence-electron chi connectivity index (χ0n) is 10.2. The van der Waals surface area contributed by atoms with Crippen molar-refractivity contribution in [3.63, 3.8) is 0 Å². The molecule has 100 valence electrons. The molecule has 2 aromatic carbocycles. The van der Waals surface area contributed by atoms with E-state index in [0.717, 1.165) is 21.4 Å². The Labute approximate surface area is 135 Å². The minimum absolute atomic E-state index is 0.568. The molecule has 0 spiro atoms. The summed E-state index contributed by atoms with van der Waals surface area (Å²) < 4.78 is 6.83. The largest absolute Gasteiger partial charge is 0.455 e. The Morgan fingerprint density at radius 3 is 2.35 bits per heavy atom. The van der Waals surface area contributed by atoms with Crippen LogP contribution < -0.4 is 0 Å². The van der Waals surface area contributed by atoms with Crippen LogP contribution in [0.5, 0.6) is 0 Å². The fourth-order valence-electron chi connectivity index (χ4n) is 1.98. The summed E-state index contributed by atoms with van der Waals surface area (Å²) in [6, 6.07) is 17.2. The van der Waals surface area contributed by atoms with Crippen LogP contribution in [0.2, 0.25) is 10.0 Å². The topological polar surface area (TPSA) is 13.1 Å². The molecule has 0 saturated carbocycles. The van der Waals surface area contributed by atoms with Crippen LogP contribution in [0.25, 0.3) is 22.6 Å². The molecule has 0 radical (unpaired) electrons. The summed E-state index contributed by atoms with van der Waals surface area (Å²) in [7, 11) is 0. The summed E-state index contributed by atoms with van der Waals surface area (Å²) in [6.45, 7) is 0. The molecule has 0 aliphatic rings. The lowest BCUT2D eigenvalue weighted by Crippen LogP contribution is -1.76. The fraction of sp³-hybridized carbons (Fsp3) is 0. The molecular formula is C16H9BrCl2O. The van der Waals surface area contributed by atoms with Crippen LogP contribution in [0.1, 0.15) is 0 Å². The summed E-state index contributed by atoms with van der Waals surface area (Å²) in [6.07, 6.45) is 0. The van der Waals surface area contributed by atoms with Gasteiger partial charge in [0, 0.05) is 16.1 Å². The van der Waals surface area contributed by atoms with Crippen LogP contribution in [0, 0.1) is 0 Å². The molecule has 0 saturated heterocycles. The predicted molar refractivity (Wildman–Crippen MR) is 87.3 cm³/mol. The Morgan fingerprint density at radius 2 is 1.65 bits per heavy atom. The van der Waals surface area contributed by atoms with Crippen LogP contribution in [-0.4, -0.2) is 0 Å². The normalized spacial score (nSPS) is 10.8. The van der Waals surface area contributed by atoms with Gasteiger partial charge in [0.25, 0.3) is 0 Å². The lowest BCUT2D eigenvalue weighted by molar-refractivity contribution is 0.596. The van der Waals surface area contributed by atoms with Crippen molar-refractivity contribution in [3.05, 3.63) is 69.1 Å². The highest BCUT2D eigenvalue weighted by Crippen LogP contribution is 2.38. The van der Waals surface area contributed by atoms with Crippen molar-refractivity contribution in [2.24, 2.45) is 0 Å². The van der Waals surface area contributed by atoms with E-state index in [0.29, 0.717) is 15.8 Å². The molecule has 4 heteroatoms. The van der Waals surface area contributed by atoms with E-state index in [2.05, 4.69) is 15.9 Å². The number of benzene rings is 2. The highest BCUT2D eigenvalue weighted by molar-refractivity contribution is 9.10. The molecule has 3 aromatic rings. The van der Waals surface area contributed by atoms with Gasteiger partial charge in [-0.1, -0.05) is 53.5 Å².